The summed E-state index contributed by atoms with van der Waals surface area (Å²) in [5.41, 5.74) is 0.284. The van der Waals surface area contributed by atoms with Crippen LogP contribution in [0.25, 0.3) is 0 Å². The number of esters is 1. The summed E-state index contributed by atoms with van der Waals surface area (Å²) in [5.74, 6) is 0.988. The molecule has 1 fully saturated rings. The van der Waals surface area contributed by atoms with Crippen molar-refractivity contribution >= 4 is 11.9 Å². The van der Waals surface area contributed by atoms with Gasteiger partial charge in [0.2, 0.25) is 11.7 Å². The van der Waals surface area contributed by atoms with E-state index < -0.39 is 11.6 Å². The zero-order valence-electron chi connectivity index (χ0n) is 15.3. The van der Waals surface area contributed by atoms with Gasteiger partial charge in [-0.05, 0) is 31.9 Å². The molecule has 0 spiro atoms. The number of aryl methyl sites for hydroxylation is 1. The summed E-state index contributed by atoms with van der Waals surface area (Å²) in [7, 11) is 4.62. The van der Waals surface area contributed by atoms with E-state index >= 15 is 0 Å². The lowest BCUT2D eigenvalue weighted by atomic mass is 10.0. The van der Waals surface area contributed by atoms with Gasteiger partial charge in [-0.25, -0.2) is 4.79 Å². The van der Waals surface area contributed by atoms with Gasteiger partial charge in [-0.15, -0.1) is 0 Å². The smallest absolute Gasteiger partial charge is 0.329 e. The molecule has 1 aliphatic heterocycles. The lowest BCUT2D eigenvalue weighted by Crippen LogP contribution is -2.38. The molecule has 1 amide bonds. The van der Waals surface area contributed by atoms with Gasteiger partial charge in [0.1, 0.15) is 11.6 Å². The maximum Gasteiger partial charge on any atom is 0.329 e. The predicted molar refractivity (Wildman–Crippen MR) is 91.1 cm³/mol. The number of hydrogen-bond donors (Lipinski definition) is 1. The SMILES string of the molecule is COc1ccc(CCC(=O)N[C@H]2CC(C)(C)OC2=O)c(OC)c1OC. The third-order valence-corrected chi connectivity index (χ3v) is 4.10. The number of carbonyl (C=O) groups excluding carboxylic acids is 2. The van der Waals surface area contributed by atoms with Crippen LogP contribution in [0.5, 0.6) is 17.2 Å². The summed E-state index contributed by atoms with van der Waals surface area (Å²) in [6, 6.07) is 3.01. The minimum Gasteiger partial charge on any atom is -0.493 e. The van der Waals surface area contributed by atoms with Crippen molar-refractivity contribution in [3.8, 4) is 17.2 Å². The number of benzene rings is 1. The largest absolute Gasteiger partial charge is 0.493 e. The van der Waals surface area contributed by atoms with Gasteiger partial charge in [-0.2, -0.15) is 0 Å². The highest BCUT2D eigenvalue weighted by molar-refractivity contribution is 5.86. The van der Waals surface area contributed by atoms with E-state index in [1.54, 1.807) is 13.2 Å². The zero-order valence-corrected chi connectivity index (χ0v) is 15.3. The van der Waals surface area contributed by atoms with Crippen molar-refractivity contribution in [2.75, 3.05) is 21.3 Å². The Hall–Kier alpha value is -2.44. The van der Waals surface area contributed by atoms with E-state index in [9.17, 15) is 9.59 Å². The monoisotopic (exact) mass is 351 g/mol. The number of rotatable bonds is 7. The Kier molecular flexibility index (Phi) is 5.77. The third kappa shape index (κ3) is 4.35. The Bertz CT molecular complexity index is 655. The first-order valence-electron chi connectivity index (χ1n) is 8.11. The molecule has 0 radical (unpaired) electrons. The van der Waals surface area contributed by atoms with Crippen LogP contribution in [0.3, 0.4) is 0 Å². The minimum absolute atomic E-state index is 0.212. The summed E-state index contributed by atoms with van der Waals surface area (Å²) in [6.45, 7) is 3.65. The van der Waals surface area contributed by atoms with Crippen molar-refractivity contribution in [3.05, 3.63) is 17.7 Å². The number of hydrogen-bond acceptors (Lipinski definition) is 6. The first-order valence-corrected chi connectivity index (χ1v) is 8.11. The lowest BCUT2D eigenvalue weighted by Gasteiger charge is -2.16. The van der Waals surface area contributed by atoms with Gasteiger partial charge >= 0.3 is 5.97 Å². The molecular formula is C18H25NO6. The van der Waals surface area contributed by atoms with Crippen molar-refractivity contribution < 1.29 is 28.5 Å². The predicted octanol–water partition coefficient (Wildman–Crippen LogP) is 1.86. The number of ether oxygens (including phenoxy) is 4. The average molecular weight is 351 g/mol. The first kappa shape index (κ1) is 18.9. The second kappa shape index (κ2) is 7.63. The van der Waals surface area contributed by atoms with E-state index in [2.05, 4.69) is 5.32 Å². The number of cyclic esters (lactones) is 1. The van der Waals surface area contributed by atoms with Crippen LogP contribution < -0.4 is 19.5 Å². The van der Waals surface area contributed by atoms with Crippen LogP contribution in [-0.4, -0.2) is 44.8 Å². The minimum atomic E-state index is -0.588. The van der Waals surface area contributed by atoms with Gasteiger partial charge in [0, 0.05) is 12.8 Å². The Balaban J connectivity index is 2.01. The van der Waals surface area contributed by atoms with Crippen molar-refractivity contribution in [1.82, 2.24) is 5.32 Å². The van der Waals surface area contributed by atoms with Crippen LogP contribution in [0.15, 0.2) is 12.1 Å². The fourth-order valence-electron chi connectivity index (χ4n) is 2.94. The molecule has 0 aliphatic carbocycles. The topological polar surface area (TPSA) is 83.1 Å². The molecule has 2 rings (SSSR count). The van der Waals surface area contributed by atoms with E-state index in [0.717, 1.165) is 5.56 Å². The molecule has 1 saturated heterocycles. The van der Waals surface area contributed by atoms with Crippen LogP contribution in [0, 0.1) is 0 Å². The van der Waals surface area contributed by atoms with Crippen LogP contribution in [0.1, 0.15) is 32.3 Å². The standard InChI is InChI=1S/C18H25NO6/c1-18(2)10-12(17(21)25-18)19-14(20)9-7-11-6-8-13(22-3)16(24-5)15(11)23-4/h6,8,12H,7,9-10H2,1-5H3,(H,19,20)/t12-/m0/s1. The molecule has 0 unspecified atom stereocenters. The Morgan fingerprint density at radius 2 is 1.88 bits per heavy atom. The molecule has 25 heavy (non-hydrogen) atoms. The number of amides is 1. The molecule has 1 atom stereocenters. The lowest BCUT2D eigenvalue weighted by molar-refractivity contribution is -0.148. The third-order valence-electron chi connectivity index (χ3n) is 4.10. The van der Waals surface area contributed by atoms with Gasteiger partial charge in [-0.1, -0.05) is 6.07 Å². The second-order valence-electron chi connectivity index (χ2n) is 6.50. The Morgan fingerprint density at radius 3 is 2.40 bits per heavy atom. The Labute approximate surface area is 147 Å². The van der Waals surface area contributed by atoms with E-state index in [4.69, 9.17) is 18.9 Å². The molecule has 0 saturated carbocycles. The van der Waals surface area contributed by atoms with Gasteiger partial charge < -0.3 is 24.3 Å². The molecule has 1 aromatic carbocycles. The quantitative estimate of drug-likeness (QED) is 0.755. The zero-order chi connectivity index (χ0) is 18.6. The van der Waals surface area contributed by atoms with E-state index in [-0.39, 0.29) is 18.3 Å². The summed E-state index contributed by atoms with van der Waals surface area (Å²) >= 11 is 0. The van der Waals surface area contributed by atoms with Crippen LogP contribution in [0.2, 0.25) is 0 Å². The Morgan fingerprint density at radius 1 is 1.20 bits per heavy atom. The molecule has 138 valence electrons. The second-order valence-corrected chi connectivity index (χ2v) is 6.50. The maximum atomic E-state index is 12.2. The fourth-order valence-corrected chi connectivity index (χ4v) is 2.94. The van der Waals surface area contributed by atoms with Crippen molar-refractivity contribution in [3.63, 3.8) is 0 Å². The summed E-state index contributed by atoms with van der Waals surface area (Å²) < 4.78 is 21.2. The van der Waals surface area contributed by atoms with Gasteiger partial charge in [0.25, 0.3) is 0 Å². The van der Waals surface area contributed by atoms with Crippen LogP contribution >= 0.6 is 0 Å². The van der Waals surface area contributed by atoms with E-state index in [1.165, 1.54) is 14.2 Å². The number of nitrogens with one attached hydrogen (secondary N) is 1. The highest BCUT2D eigenvalue weighted by Crippen LogP contribution is 2.40. The summed E-state index contributed by atoms with van der Waals surface area (Å²) in [4.78, 5) is 24.0. The fraction of sp³-hybridized carbons (Fsp3) is 0.556. The normalized spacial score (nSPS) is 18.4. The van der Waals surface area contributed by atoms with Gasteiger partial charge in [0.05, 0.1) is 21.3 Å². The summed E-state index contributed by atoms with van der Waals surface area (Å²) in [5, 5.41) is 2.73. The molecule has 7 nitrogen and oxygen atoms in total. The van der Waals surface area contributed by atoms with E-state index in [0.29, 0.717) is 30.1 Å². The van der Waals surface area contributed by atoms with Gasteiger partial charge in [0.15, 0.2) is 11.5 Å². The highest BCUT2D eigenvalue weighted by atomic mass is 16.6. The van der Waals surface area contributed by atoms with Crippen LogP contribution in [-0.2, 0) is 20.7 Å². The highest BCUT2D eigenvalue weighted by Gasteiger charge is 2.40. The van der Waals surface area contributed by atoms with Crippen LogP contribution in [0.4, 0.5) is 0 Å². The molecule has 1 aromatic rings. The number of carbonyl (C=O) groups is 2. The van der Waals surface area contributed by atoms with E-state index in [1.807, 2.05) is 19.9 Å². The molecule has 1 aliphatic rings. The van der Waals surface area contributed by atoms with Gasteiger partial charge in [-0.3, -0.25) is 4.79 Å². The molecule has 1 heterocycles. The van der Waals surface area contributed by atoms with Crippen molar-refractivity contribution in [1.29, 1.82) is 0 Å². The molecule has 0 aromatic heterocycles. The number of methoxy groups -OCH3 is 3. The molecule has 0 bridgehead atoms. The van der Waals surface area contributed by atoms with Crippen molar-refractivity contribution in [2.45, 2.75) is 44.8 Å². The molecular weight excluding hydrogens is 326 g/mol. The van der Waals surface area contributed by atoms with Crippen molar-refractivity contribution in [2.24, 2.45) is 0 Å². The average Bonchev–Trinajstić information content (AvgIpc) is 2.83. The first-order chi connectivity index (χ1) is 11.8. The molecule has 7 heteroatoms. The maximum absolute atomic E-state index is 12.2. The molecule has 1 N–H and O–H groups in total. The summed E-state index contributed by atoms with van der Waals surface area (Å²) in [6.07, 6.45) is 1.13.